The second-order valence-corrected chi connectivity index (χ2v) is 9.95. The van der Waals surface area contributed by atoms with Crippen molar-refractivity contribution in [3.8, 4) is 0 Å². The second kappa shape index (κ2) is 6.75. The van der Waals surface area contributed by atoms with Crippen LogP contribution in [0.5, 0.6) is 0 Å². The summed E-state index contributed by atoms with van der Waals surface area (Å²) in [4.78, 5) is 0. The minimum Gasteiger partial charge on any atom is -0.406 e. The van der Waals surface area contributed by atoms with Gasteiger partial charge in [-0.25, -0.2) is 0 Å². The third-order valence-corrected chi connectivity index (χ3v) is 5.43. The van der Waals surface area contributed by atoms with E-state index in [4.69, 9.17) is 4.43 Å². The predicted molar refractivity (Wildman–Crippen MR) is 101 cm³/mol. The molecule has 3 nitrogen and oxygen atoms in total. The number of H-pyrrole nitrogens is 1. The van der Waals surface area contributed by atoms with Gasteiger partial charge in [0.2, 0.25) is 0 Å². The minimum absolute atomic E-state index is 0.193. The van der Waals surface area contributed by atoms with Crippen molar-refractivity contribution in [1.82, 2.24) is 10.2 Å². The van der Waals surface area contributed by atoms with Gasteiger partial charge in [-0.1, -0.05) is 81.4 Å². The molecule has 0 aliphatic heterocycles. The highest BCUT2D eigenvalue weighted by Gasteiger charge is 2.39. The first kappa shape index (κ1) is 16.7. The van der Waals surface area contributed by atoms with E-state index in [1.165, 1.54) is 0 Å². The number of nitrogens with one attached hydrogen (secondary N) is 1. The molecule has 24 heavy (non-hydrogen) atoms. The maximum atomic E-state index is 6.79. The zero-order chi connectivity index (χ0) is 17.0. The molecule has 0 fully saturated rings. The number of benzene rings is 2. The molecule has 3 rings (SSSR count). The van der Waals surface area contributed by atoms with E-state index in [2.05, 4.69) is 79.5 Å². The molecule has 0 saturated carbocycles. The summed E-state index contributed by atoms with van der Waals surface area (Å²) >= 11 is 0. The van der Waals surface area contributed by atoms with Gasteiger partial charge in [-0.2, -0.15) is 5.10 Å². The lowest BCUT2D eigenvalue weighted by Crippen LogP contribution is -2.36. The zero-order valence-electron chi connectivity index (χ0n) is 14.5. The number of aromatic amines is 1. The molecule has 0 bridgehead atoms. The van der Waals surface area contributed by atoms with Gasteiger partial charge in [0.1, 0.15) is 5.60 Å². The van der Waals surface area contributed by atoms with E-state index in [0.717, 1.165) is 16.7 Å². The highest BCUT2D eigenvalue weighted by Crippen LogP contribution is 2.41. The molecule has 2 aromatic carbocycles. The number of nitrogens with zero attached hydrogens (tertiary/aromatic N) is 1. The van der Waals surface area contributed by atoms with Crippen LogP contribution in [0.25, 0.3) is 0 Å². The van der Waals surface area contributed by atoms with E-state index in [9.17, 15) is 0 Å². The van der Waals surface area contributed by atoms with Crippen molar-refractivity contribution in [1.29, 1.82) is 0 Å². The predicted octanol–water partition coefficient (Wildman–Crippen LogP) is 4.02. The highest BCUT2D eigenvalue weighted by molar-refractivity contribution is 6.32. The van der Waals surface area contributed by atoms with Crippen molar-refractivity contribution in [2.75, 3.05) is 0 Å². The molecule has 0 aliphatic carbocycles. The smallest absolute Gasteiger partial charge is 0.169 e. The lowest BCUT2D eigenvalue weighted by molar-refractivity contribution is 0.157. The highest BCUT2D eigenvalue weighted by atomic mass is 28.2. The Labute approximate surface area is 146 Å². The van der Waals surface area contributed by atoms with Gasteiger partial charge >= 0.3 is 0 Å². The number of hydrogen-bond acceptors (Lipinski definition) is 2. The second-order valence-electron chi connectivity index (χ2n) is 7.25. The van der Waals surface area contributed by atoms with Gasteiger partial charge in [0.25, 0.3) is 0 Å². The van der Waals surface area contributed by atoms with Crippen LogP contribution in [0.4, 0.5) is 0 Å². The topological polar surface area (TPSA) is 37.9 Å². The Morgan fingerprint density at radius 1 is 0.833 bits per heavy atom. The molecule has 1 N–H and O–H groups in total. The van der Waals surface area contributed by atoms with Crippen LogP contribution in [0.3, 0.4) is 0 Å². The largest absolute Gasteiger partial charge is 0.406 e. The van der Waals surface area contributed by atoms with Gasteiger partial charge in [-0.15, -0.1) is 0 Å². The molecule has 0 radical (unpaired) electrons. The van der Waals surface area contributed by atoms with E-state index < -0.39 is 15.4 Å². The number of aromatic nitrogens is 2. The Bertz CT molecular complexity index is 710. The summed E-state index contributed by atoms with van der Waals surface area (Å²) in [6.07, 6.45) is 3.81. The third-order valence-electron chi connectivity index (χ3n) is 3.99. The van der Waals surface area contributed by atoms with Gasteiger partial charge in [-0.05, 0) is 16.2 Å². The summed E-state index contributed by atoms with van der Waals surface area (Å²) in [6, 6.07) is 20.9. The van der Waals surface area contributed by atoms with Gasteiger partial charge in [0.15, 0.2) is 9.76 Å². The number of hydrogen-bond donors (Lipinski definition) is 1. The summed E-state index contributed by atoms with van der Waals surface area (Å²) in [6.45, 7) is 6.74. The number of rotatable bonds is 5. The van der Waals surface area contributed by atoms with Crippen molar-refractivity contribution < 1.29 is 4.43 Å². The monoisotopic (exact) mass is 336 g/mol. The fourth-order valence-electron chi connectivity index (χ4n) is 2.86. The summed E-state index contributed by atoms with van der Waals surface area (Å²) in [5.41, 5.74) is 2.69. The molecule has 0 aliphatic rings. The van der Waals surface area contributed by atoms with Gasteiger partial charge < -0.3 is 4.43 Å². The van der Waals surface area contributed by atoms with E-state index in [-0.39, 0.29) is 5.04 Å². The maximum Gasteiger partial charge on any atom is 0.169 e. The van der Waals surface area contributed by atoms with Crippen molar-refractivity contribution in [3.63, 3.8) is 0 Å². The minimum atomic E-state index is -0.806. The normalized spacial score (nSPS) is 12.8. The van der Waals surface area contributed by atoms with E-state index >= 15 is 0 Å². The molecule has 0 spiro atoms. The van der Waals surface area contributed by atoms with Crippen LogP contribution in [-0.2, 0) is 10.0 Å². The molecule has 124 valence electrons. The molecule has 0 unspecified atom stereocenters. The van der Waals surface area contributed by atoms with E-state index in [1.54, 1.807) is 0 Å². The van der Waals surface area contributed by atoms with Crippen molar-refractivity contribution in [2.24, 2.45) is 0 Å². The van der Waals surface area contributed by atoms with Crippen molar-refractivity contribution >= 4 is 9.76 Å². The van der Waals surface area contributed by atoms with E-state index in [0.29, 0.717) is 0 Å². The summed E-state index contributed by atoms with van der Waals surface area (Å²) < 4.78 is 6.79. The SMILES string of the molecule is CC(C)(C)[SiH2]OC(c1ccccc1)(c1ccccc1)c1cn[nH]c1. The lowest BCUT2D eigenvalue weighted by atomic mass is 9.82. The average Bonchev–Trinajstić information content (AvgIpc) is 3.11. The summed E-state index contributed by atoms with van der Waals surface area (Å²) in [7, 11) is -0.806. The zero-order valence-corrected chi connectivity index (χ0v) is 15.9. The molecule has 3 aromatic rings. The van der Waals surface area contributed by atoms with Crippen LogP contribution in [0.1, 0.15) is 37.5 Å². The van der Waals surface area contributed by atoms with Crippen LogP contribution < -0.4 is 0 Å². The molecule has 1 aromatic heterocycles. The van der Waals surface area contributed by atoms with Crippen LogP contribution in [-0.4, -0.2) is 20.0 Å². The summed E-state index contributed by atoms with van der Waals surface area (Å²) in [5, 5.41) is 7.34. The Hall–Kier alpha value is -2.17. The molecule has 1 heterocycles. The molecule has 0 saturated heterocycles. The Kier molecular flexibility index (Phi) is 4.69. The third kappa shape index (κ3) is 3.35. The maximum absolute atomic E-state index is 6.79. The van der Waals surface area contributed by atoms with Crippen LogP contribution in [0.2, 0.25) is 5.04 Å². The van der Waals surface area contributed by atoms with Crippen LogP contribution in [0.15, 0.2) is 73.1 Å². The van der Waals surface area contributed by atoms with E-state index in [1.807, 2.05) is 24.5 Å². The Balaban J connectivity index is 2.21. The first-order chi connectivity index (χ1) is 11.5. The van der Waals surface area contributed by atoms with Gasteiger partial charge in [-0.3, -0.25) is 5.10 Å². The average molecular weight is 337 g/mol. The van der Waals surface area contributed by atoms with Crippen molar-refractivity contribution in [2.45, 2.75) is 31.4 Å². The first-order valence-electron chi connectivity index (χ1n) is 8.27. The first-order valence-corrected chi connectivity index (χ1v) is 9.55. The Morgan fingerprint density at radius 3 is 1.79 bits per heavy atom. The molecule has 4 heteroatoms. The fraction of sp³-hybridized carbons (Fsp3) is 0.250. The summed E-state index contributed by atoms with van der Waals surface area (Å²) in [5.74, 6) is 0. The van der Waals surface area contributed by atoms with Crippen molar-refractivity contribution in [3.05, 3.63) is 89.7 Å². The Morgan fingerprint density at radius 2 is 1.38 bits per heavy atom. The standard InChI is InChI=1S/C20H24N2OSi/c1-19(2,3)24-23-20(18-14-21-22-15-18,16-10-6-4-7-11-16)17-12-8-5-9-13-17/h4-15H,24H2,1-3H3,(H,21,22). The van der Waals surface area contributed by atoms with Gasteiger partial charge in [0.05, 0.1) is 6.20 Å². The van der Waals surface area contributed by atoms with Crippen LogP contribution in [0, 0.1) is 0 Å². The molecular formula is C20H24N2OSi. The van der Waals surface area contributed by atoms with Gasteiger partial charge in [0, 0.05) is 11.8 Å². The lowest BCUT2D eigenvalue weighted by Gasteiger charge is -2.37. The molecule has 0 amide bonds. The molecule has 0 atom stereocenters. The quantitative estimate of drug-likeness (QED) is 0.715. The molecular weight excluding hydrogens is 312 g/mol. The van der Waals surface area contributed by atoms with Crippen LogP contribution >= 0.6 is 0 Å². The fourth-order valence-corrected chi connectivity index (χ4v) is 4.01.